The number of hydrogen-bond acceptors (Lipinski definition) is 1. The first kappa shape index (κ1) is 6.96. The molecule has 0 bridgehead atoms. The molecule has 0 fully saturated rings. The first-order valence-corrected chi connectivity index (χ1v) is 2.56. The molecule has 0 amide bonds. The first-order valence-electron chi connectivity index (χ1n) is 2.56. The molecule has 0 saturated heterocycles. The quantitative estimate of drug-likeness (QED) is 0.551. The molecule has 7 heavy (non-hydrogen) atoms. The van der Waals surface area contributed by atoms with E-state index in [9.17, 15) is 0 Å². The molecule has 0 spiro atoms. The van der Waals surface area contributed by atoms with E-state index in [2.05, 4.69) is 0 Å². The van der Waals surface area contributed by atoms with Crippen LogP contribution in [0.1, 0.15) is 20.3 Å². The Hall–Kier alpha value is -0.0400. The summed E-state index contributed by atoms with van der Waals surface area (Å²) in [6.45, 7) is 8.95. The Morgan fingerprint density at radius 3 is 2.00 bits per heavy atom. The summed E-state index contributed by atoms with van der Waals surface area (Å²) in [5.41, 5.74) is 0. The first-order chi connectivity index (χ1) is 3.13. The molecule has 42 valence electrons. The SMILES string of the molecule is [CH]C(C)CC(C)O. The zero-order valence-corrected chi connectivity index (χ0v) is 4.89. The molecule has 1 N–H and O–H groups in total. The Morgan fingerprint density at radius 1 is 1.57 bits per heavy atom. The van der Waals surface area contributed by atoms with E-state index >= 15 is 0 Å². The van der Waals surface area contributed by atoms with Crippen molar-refractivity contribution in [3.05, 3.63) is 6.92 Å². The van der Waals surface area contributed by atoms with Crippen LogP contribution in [0.25, 0.3) is 0 Å². The lowest BCUT2D eigenvalue weighted by Gasteiger charge is -2.04. The Bertz CT molecular complexity index is 33.4. The van der Waals surface area contributed by atoms with Crippen LogP contribution in [0.3, 0.4) is 0 Å². The topological polar surface area (TPSA) is 20.2 Å². The van der Waals surface area contributed by atoms with Gasteiger partial charge in [0.15, 0.2) is 0 Å². The maximum atomic E-state index is 8.64. The molecular formula is C6H12O. The van der Waals surface area contributed by atoms with E-state index in [-0.39, 0.29) is 12.0 Å². The lowest BCUT2D eigenvalue weighted by Crippen LogP contribution is -2.03. The van der Waals surface area contributed by atoms with Crippen molar-refractivity contribution < 1.29 is 5.11 Å². The fourth-order valence-electron chi connectivity index (χ4n) is 0.538. The average Bonchev–Trinajstić information content (AvgIpc) is 1.27. The van der Waals surface area contributed by atoms with Gasteiger partial charge in [-0.05, 0) is 26.2 Å². The van der Waals surface area contributed by atoms with Crippen LogP contribution in [0.15, 0.2) is 0 Å². The largest absolute Gasteiger partial charge is 0.393 e. The molecule has 2 unspecified atom stereocenters. The van der Waals surface area contributed by atoms with Crippen LogP contribution in [-0.2, 0) is 0 Å². The van der Waals surface area contributed by atoms with Crippen molar-refractivity contribution in [1.29, 1.82) is 0 Å². The normalized spacial score (nSPS) is 15.0. The maximum Gasteiger partial charge on any atom is 0.0514 e. The summed E-state index contributed by atoms with van der Waals surface area (Å²) in [5, 5.41) is 8.64. The maximum absolute atomic E-state index is 8.64. The van der Waals surface area contributed by atoms with Crippen molar-refractivity contribution in [3.8, 4) is 0 Å². The molecule has 0 aromatic carbocycles. The minimum Gasteiger partial charge on any atom is -0.393 e. The van der Waals surface area contributed by atoms with E-state index in [1.54, 1.807) is 6.92 Å². The molecule has 0 aromatic heterocycles. The van der Waals surface area contributed by atoms with E-state index in [0.29, 0.717) is 6.42 Å². The Kier molecular flexibility index (Phi) is 3.01. The molecule has 1 nitrogen and oxygen atoms in total. The molecule has 0 aliphatic carbocycles. The highest BCUT2D eigenvalue weighted by Crippen LogP contribution is 2.01. The summed E-state index contributed by atoms with van der Waals surface area (Å²) in [5.74, 6) is 0.125. The van der Waals surface area contributed by atoms with Crippen molar-refractivity contribution in [2.75, 3.05) is 0 Å². The molecule has 0 rings (SSSR count). The zero-order valence-electron chi connectivity index (χ0n) is 4.89. The fraction of sp³-hybridized carbons (Fsp3) is 0.833. The molecule has 2 radical (unpaired) electrons. The monoisotopic (exact) mass is 100 g/mol. The van der Waals surface area contributed by atoms with Gasteiger partial charge in [0, 0.05) is 0 Å². The Morgan fingerprint density at radius 2 is 2.00 bits per heavy atom. The molecule has 1 heteroatoms. The summed E-state index contributed by atoms with van der Waals surface area (Å²) in [4.78, 5) is 0. The summed E-state index contributed by atoms with van der Waals surface area (Å²) < 4.78 is 0. The smallest absolute Gasteiger partial charge is 0.0514 e. The van der Waals surface area contributed by atoms with Crippen LogP contribution in [0.2, 0.25) is 0 Å². The highest BCUT2D eigenvalue weighted by molar-refractivity contribution is 4.56. The van der Waals surface area contributed by atoms with E-state index in [1.165, 1.54) is 0 Å². The van der Waals surface area contributed by atoms with Gasteiger partial charge in [-0.3, -0.25) is 0 Å². The predicted octanol–water partition coefficient (Wildman–Crippen LogP) is 1.10. The van der Waals surface area contributed by atoms with Crippen molar-refractivity contribution in [3.63, 3.8) is 0 Å². The molecule has 0 aliphatic heterocycles. The lowest BCUT2D eigenvalue weighted by atomic mass is 10.1. The van der Waals surface area contributed by atoms with Crippen LogP contribution in [0.4, 0.5) is 0 Å². The summed E-state index contributed by atoms with van der Waals surface area (Å²) in [6.07, 6.45) is 0.444. The van der Waals surface area contributed by atoms with Gasteiger partial charge in [0.05, 0.1) is 6.10 Å². The third-order valence-corrected chi connectivity index (χ3v) is 0.713. The van der Waals surface area contributed by atoms with E-state index < -0.39 is 0 Å². The third-order valence-electron chi connectivity index (χ3n) is 0.713. The van der Waals surface area contributed by atoms with Gasteiger partial charge in [0.25, 0.3) is 0 Å². The number of aliphatic hydroxyl groups is 1. The van der Waals surface area contributed by atoms with Crippen molar-refractivity contribution in [1.82, 2.24) is 0 Å². The van der Waals surface area contributed by atoms with Crippen LogP contribution in [-0.4, -0.2) is 11.2 Å². The Labute approximate surface area is 45.4 Å². The second kappa shape index (κ2) is 3.03. The number of rotatable bonds is 2. The van der Waals surface area contributed by atoms with E-state index in [0.717, 1.165) is 0 Å². The van der Waals surface area contributed by atoms with Crippen LogP contribution >= 0.6 is 0 Å². The van der Waals surface area contributed by atoms with Crippen LogP contribution in [0, 0.1) is 12.8 Å². The minimum absolute atomic E-state index is 0.125. The van der Waals surface area contributed by atoms with Gasteiger partial charge in [-0.15, -0.1) is 0 Å². The number of hydrogen-bond donors (Lipinski definition) is 1. The van der Waals surface area contributed by atoms with Gasteiger partial charge in [-0.2, -0.15) is 0 Å². The molecule has 0 aliphatic rings. The molecule has 0 saturated carbocycles. The van der Waals surface area contributed by atoms with Gasteiger partial charge in [0.2, 0.25) is 0 Å². The minimum atomic E-state index is -0.250. The van der Waals surface area contributed by atoms with Crippen LogP contribution < -0.4 is 0 Å². The standard InChI is InChI=1S/C6H12O/c1-5(2)4-6(3)7/h1,5-7H,4H2,2-3H3. The van der Waals surface area contributed by atoms with Gasteiger partial charge in [-0.1, -0.05) is 6.92 Å². The molecular weight excluding hydrogens is 88.1 g/mol. The van der Waals surface area contributed by atoms with Crippen LogP contribution in [0.5, 0.6) is 0 Å². The fourth-order valence-corrected chi connectivity index (χ4v) is 0.538. The van der Waals surface area contributed by atoms with Crippen molar-refractivity contribution >= 4 is 0 Å². The number of aliphatic hydroxyl groups excluding tert-OH is 1. The van der Waals surface area contributed by atoms with E-state index in [4.69, 9.17) is 12.0 Å². The zero-order chi connectivity index (χ0) is 5.86. The third kappa shape index (κ3) is 5.96. The second-order valence-corrected chi connectivity index (χ2v) is 2.06. The van der Waals surface area contributed by atoms with Gasteiger partial charge < -0.3 is 5.11 Å². The molecule has 0 aromatic rings. The summed E-state index contributed by atoms with van der Waals surface area (Å²) in [6, 6.07) is 0. The summed E-state index contributed by atoms with van der Waals surface area (Å²) in [7, 11) is 0. The van der Waals surface area contributed by atoms with Gasteiger partial charge >= 0.3 is 0 Å². The highest BCUT2D eigenvalue weighted by Gasteiger charge is 1.97. The van der Waals surface area contributed by atoms with Crippen molar-refractivity contribution in [2.45, 2.75) is 26.4 Å². The molecule has 2 atom stereocenters. The van der Waals surface area contributed by atoms with Gasteiger partial charge in [0.1, 0.15) is 0 Å². The Balaban J connectivity index is 2.95. The second-order valence-electron chi connectivity index (χ2n) is 2.06. The summed E-state index contributed by atoms with van der Waals surface area (Å²) >= 11 is 0. The van der Waals surface area contributed by atoms with E-state index in [1.807, 2.05) is 6.92 Å². The molecule has 0 heterocycles. The predicted molar refractivity (Wildman–Crippen MR) is 29.8 cm³/mol. The average molecular weight is 100 g/mol. The highest BCUT2D eigenvalue weighted by atomic mass is 16.3. The van der Waals surface area contributed by atoms with Crippen molar-refractivity contribution in [2.24, 2.45) is 5.92 Å². The van der Waals surface area contributed by atoms with Gasteiger partial charge in [-0.25, -0.2) is 0 Å². The lowest BCUT2D eigenvalue weighted by molar-refractivity contribution is 0.172.